The van der Waals surface area contributed by atoms with Crippen LogP contribution in [-0.2, 0) is 0 Å². The van der Waals surface area contributed by atoms with E-state index in [1.165, 1.54) is 23.5 Å². The first-order chi connectivity index (χ1) is 11.1. The van der Waals surface area contributed by atoms with Gasteiger partial charge in [-0.1, -0.05) is 60.2 Å². The minimum absolute atomic E-state index is 0.0333. The van der Waals surface area contributed by atoms with Crippen molar-refractivity contribution >= 4 is 35.1 Å². The second-order valence-corrected chi connectivity index (χ2v) is 7.10. The van der Waals surface area contributed by atoms with Crippen LogP contribution in [0.3, 0.4) is 0 Å². The van der Waals surface area contributed by atoms with E-state index in [1.807, 2.05) is 67.8 Å². The van der Waals surface area contributed by atoms with Gasteiger partial charge in [0.1, 0.15) is 0 Å². The Bertz CT molecular complexity index is 704. The molecule has 0 atom stereocenters. The molecular formula is C19H18O2S2. The molecule has 0 radical (unpaired) electrons. The first-order valence-corrected chi connectivity index (χ1v) is 9.39. The molecule has 0 aliphatic heterocycles. The van der Waals surface area contributed by atoms with E-state index in [0.717, 1.165) is 9.80 Å². The molecule has 0 aromatic heterocycles. The van der Waals surface area contributed by atoms with Crippen molar-refractivity contribution in [3.63, 3.8) is 0 Å². The summed E-state index contributed by atoms with van der Waals surface area (Å²) in [5.41, 5.74) is 2.49. The van der Waals surface area contributed by atoms with Crippen LogP contribution >= 0.6 is 23.5 Å². The van der Waals surface area contributed by atoms with E-state index in [1.54, 1.807) is 6.08 Å². The van der Waals surface area contributed by atoms with E-state index in [9.17, 15) is 9.59 Å². The fourth-order valence-electron chi connectivity index (χ4n) is 1.91. The SMILES string of the molecule is CS/C(=C\C(=O)c1ccc(C)cc1)SCC(=O)c1ccccc1. The highest BCUT2D eigenvalue weighted by molar-refractivity contribution is 8.22. The van der Waals surface area contributed by atoms with Gasteiger partial charge in [0, 0.05) is 21.4 Å². The van der Waals surface area contributed by atoms with E-state index < -0.39 is 0 Å². The maximum absolute atomic E-state index is 12.3. The molecule has 0 aliphatic carbocycles. The van der Waals surface area contributed by atoms with Crippen LogP contribution in [0.25, 0.3) is 0 Å². The van der Waals surface area contributed by atoms with Gasteiger partial charge in [0.25, 0.3) is 0 Å². The third-order valence-corrected chi connectivity index (χ3v) is 5.41. The van der Waals surface area contributed by atoms with Gasteiger partial charge in [0.05, 0.1) is 5.75 Å². The predicted molar refractivity (Wildman–Crippen MR) is 100 cm³/mol. The minimum atomic E-state index is -0.0333. The summed E-state index contributed by atoms with van der Waals surface area (Å²) in [5, 5.41) is 0. The number of carbonyl (C=O) groups excluding carboxylic acids is 2. The van der Waals surface area contributed by atoms with Crippen LogP contribution in [-0.4, -0.2) is 23.6 Å². The second kappa shape index (κ2) is 8.75. The number of hydrogen-bond donors (Lipinski definition) is 0. The van der Waals surface area contributed by atoms with Crippen LogP contribution in [0.4, 0.5) is 0 Å². The zero-order chi connectivity index (χ0) is 16.7. The first kappa shape index (κ1) is 17.6. The number of rotatable bonds is 7. The molecule has 23 heavy (non-hydrogen) atoms. The Morgan fingerprint density at radius 2 is 1.61 bits per heavy atom. The Morgan fingerprint density at radius 1 is 0.957 bits per heavy atom. The largest absolute Gasteiger partial charge is 0.293 e. The molecule has 0 aliphatic rings. The summed E-state index contributed by atoms with van der Waals surface area (Å²) in [4.78, 5) is 24.4. The number of benzene rings is 2. The zero-order valence-electron chi connectivity index (χ0n) is 13.1. The van der Waals surface area contributed by atoms with Gasteiger partial charge in [-0.3, -0.25) is 9.59 Å². The maximum Gasteiger partial charge on any atom is 0.187 e. The van der Waals surface area contributed by atoms with Crippen molar-refractivity contribution in [3.8, 4) is 0 Å². The van der Waals surface area contributed by atoms with Gasteiger partial charge in [0.2, 0.25) is 0 Å². The highest BCUT2D eigenvalue weighted by Gasteiger charge is 2.09. The Kier molecular flexibility index (Phi) is 6.68. The maximum atomic E-state index is 12.3. The number of ketones is 2. The van der Waals surface area contributed by atoms with Crippen molar-refractivity contribution in [2.45, 2.75) is 6.92 Å². The van der Waals surface area contributed by atoms with Gasteiger partial charge >= 0.3 is 0 Å². The summed E-state index contributed by atoms with van der Waals surface area (Å²) in [6.07, 6.45) is 3.52. The lowest BCUT2D eigenvalue weighted by atomic mass is 10.1. The third kappa shape index (κ3) is 5.41. The third-order valence-electron chi connectivity index (χ3n) is 3.23. The predicted octanol–water partition coefficient (Wildman–Crippen LogP) is 5.00. The van der Waals surface area contributed by atoms with Crippen LogP contribution in [0.15, 0.2) is 64.9 Å². The average molecular weight is 342 g/mol. The number of carbonyl (C=O) groups is 2. The van der Waals surface area contributed by atoms with Crippen molar-refractivity contribution in [2.24, 2.45) is 0 Å². The average Bonchev–Trinajstić information content (AvgIpc) is 2.59. The molecule has 2 nitrogen and oxygen atoms in total. The van der Waals surface area contributed by atoms with Crippen molar-refractivity contribution < 1.29 is 9.59 Å². The lowest BCUT2D eigenvalue weighted by molar-refractivity contribution is 0.101. The molecule has 0 saturated carbocycles. The summed E-state index contributed by atoms with van der Waals surface area (Å²) in [6.45, 7) is 1.99. The topological polar surface area (TPSA) is 34.1 Å². The van der Waals surface area contributed by atoms with Crippen LogP contribution < -0.4 is 0 Å². The van der Waals surface area contributed by atoms with Crippen LogP contribution in [0, 0.1) is 6.92 Å². The molecular weight excluding hydrogens is 324 g/mol. The van der Waals surface area contributed by atoms with Crippen molar-refractivity contribution in [1.82, 2.24) is 0 Å². The minimum Gasteiger partial charge on any atom is -0.293 e. The molecule has 118 valence electrons. The molecule has 0 fully saturated rings. The lowest BCUT2D eigenvalue weighted by Crippen LogP contribution is -2.02. The summed E-state index contributed by atoms with van der Waals surface area (Å²) in [6, 6.07) is 16.7. The molecule has 2 aromatic rings. The highest BCUT2D eigenvalue weighted by Crippen LogP contribution is 2.27. The van der Waals surface area contributed by atoms with Gasteiger partial charge in [-0.05, 0) is 13.2 Å². The Balaban J connectivity index is 2.00. The van der Waals surface area contributed by atoms with Crippen molar-refractivity contribution in [3.05, 3.63) is 81.6 Å². The van der Waals surface area contributed by atoms with Gasteiger partial charge in [-0.25, -0.2) is 0 Å². The second-order valence-electron chi connectivity index (χ2n) is 4.98. The first-order valence-electron chi connectivity index (χ1n) is 7.18. The molecule has 0 heterocycles. The smallest absolute Gasteiger partial charge is 0.187 e. The summed E-state index contributed by atoms with van der Waals surface area (Å²) in [7, 11) is 0. The monoisotopic (exact) mass is 342 g/mol. The summed E-state index contributed by atoms with van der Waals surface area (Å²) < 4.78 is 0.847. The van der Waals surface area contributed by atoms with E-state index in [4.69, 9.17) is 0 Å². The number of allylic oxidation sites excluding steroid dienone is 1. The van der Waals surface area contributed by atoms with Gasteiger partial charge < -0.3 is 0 Å². The van der Waals surface area contributed by atoms with Crippen LogP contribution in [0.5, 0.6) is 0 Å². The van der Waals surface area contributed by atoms with Crippen LogP contribution in [0.2, 0.25) is 0 Å². The Morgan fingerprint density at radius 3 is 2.22 bits per heavy atom. The number of Topliss-reactive ketones (excluding diaryl/α,β-unsaturated/α-hetero) is 1. The van der Waals surface area contributed by atoms with E-state index in [2.05, 4.69) is 0 Å². The van der Waals surface area contributed by atoms with Gasteiger partial charge in [-0.15, -0.1) is 23.5 Å². The molecule has 0 N–H and O–H groups in total. The summed E-state index contributed by atoms with van der Waals surface area (Å²) >= 11 is 2.89. The van der Waals surface area contributed by atoms with E-state index in [0.29, 0.717) is 16.9 Å². The van der Waals surface area contributed by atoms with Gasteiger partial charge in [0.15, 0.2) is 11.6 Å². The standard InChI is InChI=1S/C19H18O2S2/c1-14-8-10-16(11-9-14)17(20)12-19(22-2)23-13-18(21)15-6-4-3-5-7-15/h3-12H,13H2,1-2H3/b19-12+. The quantitative estimate of drug-likeness (QED) is 0.524. The molecule has 2 aromatic carbocycles. The fourth-order valence-corrected chi connectivity index (χ4v) is 3.42. The zero-order valence-corrected chi connectivity index (χ0v) is 14.7. The lowest BCUT2D eigenvalue weighted by Gasteiger charge is -2.04. The molecule has 2 rings (SSSR count). The number of thioether (sulfide) groups is 2. The van der Waals surface area contributed by atoms with Gasteiger partial charge in [-0.2, -0.15) is 0 Å². The molecule has 0 saturated heterocycles. The Hall–Kier alpha value is -1.78. The number of aryl methyl sites for hydroxylation is 1. The molecule has 0 spiro atoms. The van der Waals surface area contributed by atoms with E-state index >= 15 is 0 Å². The molecule has 0 amide bonds. The van der Waals surface area contributed by atoms with E-state index in [-0.39, 0.29) is 11.6 Å². The number of hydrogen-bond acceptors (Lipinski definition) is 4. The normalized spacial score (nSPS) is 11.3. The van der Waals surface area contributed by atoms with Crippen LogP contribution in [0.1, 0.15) is 26.3 Å². The highest BCUT2D eigenvalue weighted by atomic mass is 32.2. The fraction of sp³-hybridized carbons (Fsp3) is 0.158. The molecule has 0 bridgehead atoms. The molecule has 0 unspecified atom stereocenters. The Labute approximate surface area is 145 Å². The summed E-state index contributed by atoms with van der Waals surface area (Å²) in [5.74, 6) is 0.366. The van der Waals surface area contributed by atoms with Crippen molar-refractivity contribution in [2.75, 3.05) is 12.0 Å². The van der Waals surface area contributed by atoms with Crippen molar-refractivity contribution in [1.29, 1.82) is 0 Å². The molecule has 4 heteroatoms.